The highest BCUT2D eigenvalue weighted by molar-refractivity contribution is 6.04. The molecule has 1 unspecified atom stereocenters. The number of H-pyrrole nitrogens is 1. The number of carbonyl (C=O) groups excluding carboxylic acids is 1. The third-order valence-corrected chi connectivity index (χ3v) is 5.96. The maximum absolute atomic E-state index is 13.3. The minimum absolute atomic E-state index is 0.197. The number of piperidine rings is 1. The average Bonchev–Trinajstić information content (AvgIpc) is 3.04. The van der Waals surface area contributed by atoms with Crippen molar-refractivity contribution in [3.63, 3.8) is 0 Å². The number of para-hydroxylation sites is 1. The second-order valence-electron chi connectivity index (χ2n) is 7.65. The van der Waals surface area contributed by atoms with Gasteiger partial charge in [0.2, 0.25) is 5.95 Å². The van der Waals surface area contributed by atoms with Gasteiger partial charge in [-0.05, 0) is 37.3 Å². The van der Waals surface area contributed by atoms with Gasteiger partial charge in [0.1, 0.15) is 5.69 Å². The van der Waals surface area contributed by atoms with Crippen LogP contribution in [0.25, 0.3) is 10.9 Å². The predicted octanol–water partition coefficient (Wildman–Crippen LogP) is 1.42. The minimum atomic E-state index is -0.513. The molecule has 1 aliphatic heterocycles. The van der Waals surface area contributed by atoms with Gasteiger partial charge in [-0.3, -0.25) is 4.79 Å². The van der Waals surface area contributed by atoms with Gasteiger partial charge in [-0.1, -0.05) is 18.2 Å². The maximum atomic E-state index is 13.3. The smallest absolute Gasteiger partial charge is 0.346 e. The standard InChI is InChI=1S/C20H20N6O2/c21-18-22-10-12-6-8-20(16(12)25-18)7-3-9-26(11-20)17(27)15-13-4-1-2-5-14(13)23-19(28)24-15/h1-2,4-5,10H,3,6-9,11H2,(H2,21,22,25)(H,23,24,28). The summed E-state index contributed by atoms with van der Waals surface area (Å²) in [6, 6.07) is 7.25. The molecule has 2 aliphatic rings. The van der Waals surface area contributed by atoms with Crippen molar-refractivity contribution in [3.8, 4) is 0 Å². The minimum Gasteiger partial charge on any atom is -0.368 e. The van der Waals surface area contributed by atoms with Gasteiger partial charge in [-0.15, -0.1) is 0 Å². The van der Waals surface area contributed by atoms with Crippen LogP contribution in [0.4, 0.5) is 5.95 Å². The van der Waals surface area contributed by atoms with Gasteiger partial charge in [0, 0.05) is 30.1 Å². The highest BCUT2D eigenvalue weighted by atomic mass is 16.2. The molecule has 8 nitrogen and oxygen atoms in total. The van der Waals surface area contributed by atoms with Crippen LogP contribution in [-0.4, -0.2) is 43.8 Å². The van der Waals surface area contributed by atoms with Crippen LogP contribution in [0.3, 0.4) is 0 Å². The van der Waals surface area contributed by atoms with E-state index in [1.54, 1.807) is 12.3 Å². The van der Waals surface area contributed by atoms with E-state index in [4.69, 9.17) is 5.73 Å². The number of amides is 1. The Morgan fingerprint density at radius 1 is 1.21 bits per heavy atom. The number of carbonyl (C=O) groups is 1. The normalized spacial score (nSPS) is 21.2. The Kier molecular flexibility index (Phi) is 3.68. The van der Waals surface area contributed by atoms with E-state index in [2.05, 4.69) is 19.9 Å². The molecule has 1 spiro atoms. The molecule has 142 valence electrons. The molecule has 28 heavy (non-hydrogen) atoms. The molecule has 3 heterocycles. The van der Waals surface area contributed by atoms with Crippen LogP contribution < -0.4 is 11.4 Å². The van der Waals surface area contributed by atoms with Crippen molar-refractivity contribution >= 4 is 22.8 Å². The highest BCUT2D eigenvalue weighted by Crippen LogP contribution is 2.44. The van der Waals surface area contributed by atoms with Crippen LogP contribution in [0.2, 0.25) is 0 Å². The zero-order valence-electron chi connectivity index (χ0n) is 15.3. The predicted molar refractivity (Wildman–Crippen MR) is 104 cm³/mol. The van der Waals surface area contributed by atoms with Crippen molar-refractivity contribution in [1.29, 1.82) is 0 Å². The Hall–Kier alpha value is -3.29. The first-order valence-electron chi connectivity index (χ1n) is 9.46. The number of fused-ring (bicyclic) bond motifs is 3. The lowest BCUT2D eigenvalue weighted by Gasteiger charge is -2.40. The molecule has 8 heteroatoms. The molecule has 1 amide bonds. The van der Waals surface area contributed by atoms with Crippen molar-refractivity contribution < 1.29 is 4.79 Å². The monoisotopic (exact) mass is 376 g/mol. The van der Waals surface area contributed by atoms with Gasteiger partial charge in [0.25, 0.3) is 5.91 Å². The summed E-state index contributed by atoms with van der Waals surface area (Å²) >= 11 is 0. The number of aryl methyl sites for hydroxylation is 1. The maximum Gasteiger partial charge on any atom is 0.346 e. The SMILES string of the molecule is Nc1ncc2c(n1)C1(CCCN(C(=O)c3nc(=O)[nH]c4ccccc34)C1)CC2. The molecule has 0 saturated carbocycles. The Labute approximate surface area is 160 Å². The fourth-order valence-corrected chi connectivity index (χ4v) is 4.67. The van der Waals surface area contributed by atoms with Crippen molar-refractivity contribution in [1.82, 2.24) is 24.8 Å². The zero-order valence-corrected chi connectivity index (χ0v) is 15.3. The first-order valence-corrected chi connectivity index (χ1v) is 9.46. The number of aromatic nitrogens is 4. The average molecular weight is 376 g/mol. The summed E-state index contributed by atoms with van der Waals surface area (Å²) in [5.41, 5.74) is 8.03. The van der Waals surface area contributed by atoms with Crippen LogP contribution >= 0.6 is 0 Å². The lowest BCUT2D eigenvalue weighted by Crippen LogP contribution is -2.48. The number of hydrogen-bond donors (Lipinski definition) is 2. The molecule has 3 aromatic rings. The van der Waals surface area contributed by atoms with Gasteiger partial charge in [-0.2, -0.15) is 4.98 Å². The lowest BCUT2D eigenvalue weighted by molar-refractivity contribution is 0.0629. The van der Waals surface area contributed by atoms with Crippen molar-refractivity contribution in [2.75, 3.05) is 18.8 Å². The Balaban J connectivity index is 1.53. The third kappa shape index (κ3) is 2.56. The molecule has 1 saturated heterocycles. The van der Waals surface area contributed by atoms with Gasteiger partial charge < -0.3 is 15.6 Å². The van der Waals surface area contributed by atoms with Crippen molar-refractivity contribution in [3.05, 3.63) is 57.9 Å². The summed E-state index contributed by atoms with van der Waals surface area (Å²) in [6.45, 7) is 1.19. The number of benzene rings is 1. The number of anilines is 1. The van der Waals surface area contributed by atoms with E-state index in [1.165, 1.54) is 0 Å². The molecular weight excluding hydrogens is 356 g/mol. The Morgan fingerprint density at radius 2 is 2.07 bits per heavy atom. The summed E-state index contributed by atoms with van der Waals surface area (Å²) in [6.07, 6.45) is 5.45. The second kappa shape index (κ2) is 6.12. The summed E-state index contributed by atoms with van der Waals surface area (Å²) in [7, 11) is 0. The molecule has 1 atom stereocenters. The van der Waals surface area contributed by atoms with Gasteiger partial charge in [-0.25, -0.2) is 14.8 Å². The van der Waals surface area contributed by atoms with E-state index < -0.39 is 5.69 Å². The van der Waals surface area contributed by atoms with E-state index >= 15 is 0 Å². The van der Waals surface area contributed by atoms with E-state index in [0.29, 0.717) is 24.0 Å². The van der Waals surface area contributed by atoms with Crippen LogP contribution in [-0.2, 0) is 11.8 Å². The number of nitrogens with two attached hydrogens (primary N) is 1. The lowest BCUT2D eigenvalue weighted by atomic mass is 9.77. The molecule has 0 bridgehead atoms. The molecular formula is C20H20N6O2. The van der Waals surface area contributed by atoms with E-state index in [0.717, 1.165) is 36.9 Å². The molecule has 0 radical (unpaired) electrons. The zero-order chi connectivity index (χ0) is 19.3. The van der Waals surface area contributed by atoms with E-state index in [1.807, 2.05) is 23.1 Å². The van der Waals surface area contributed by atoms with Crippen LogP contribution in [0, 0.1) is 0 Å². The number of hydrogen-bond acceptors (Lipinski definition) is 6. The Bertz CT molecular complexity index is 1150. The van der Waals surface area contributed by atoms with Gasteiger partial charge >= 0.3 is 5.69 Å². The van der Waals surface area contributed by atoms with Crippen molar-refractivity contribution in [2.45, 2.75) is 31.1 Å². The number of aromatic amines is 1. The summed E-state index contributed by atoms with van der Waals surface area (Å²) in [5, 5.41) is 0.658. The summed E-state index contributed by atoms with van der Waals surface area (Å²) < 4.78 is 0. The third-order valence-electron chi connectivity index (χ3n) is 5.96. The molecule has 2 aromatic heterocycles. The number of nitrogens with zero attached hydrogens (tertiary/aromatic N) is 4. The molecule has 1 fully saturated rings. The Morgan fingerprint density at radius 3 is 2.96 bits per heavy atom. The molecule has 1 aromatic carbocycles. The summed E-state index contributed by atoms with van der Waals surface area (Å²) in [4.78, 5) is 42.4. The molecule has 5 rings (SSSR count). The first-order chi connectivity index (χ1) is 13.6. The van der Waals surface area contributed by atoms with E-state index in [-0.39, 0.29) is 23.0 Å². The van der Waals surface area contributed by atoms with E-state index in [9.17, 15) is 9.59 Å². The van der Waals surface area contributed by atoms with Gasteiger partial charge in [0.05, 0.1) is 11.2 Å². The number of likely N-dealkylation sites (tertiary alicyclic amines) is 1. The topological polar surface area (TPSA) is 118 Å². The van der Waals surface area contributed by atoms with Gasteiger partial charge in [0.15, 0.2) is 0 Å². The fourth-order valence-electron chi connectivity index (χ4n) is 4.67. The summed E-state index contributed by atoms with van der Waals surface area (Å²) in [5.74, 6) is 0.0579. The largest absolute Gasteiger partial charge is 0.368 e. The fraction of sp³-hybridized carbons (Fsp3) is 0.350. The second-order valence-corrected chi connectivity index (χ2v) is 7.65. The highest BCUT2D eigenvalue weighted by Gasteiger charge is 2.45. The number of rotatable bonds is 1. The quantitative estimate of drug-likeness (QED) is 0.663. The van der Waals surface area contributed by atoms with Crippen LogP contribution in [0.1, 0.15) is 41.0 Å². The molecule has 3 N–H and O–H groups in total. The van der Waals surface area contributed by atoms with Crippen LogP contribution in [0.5, 0.6) is 0 Å². The van der Waals surface area contributed by atoms with Crippen molar-refractivity contribution in [2.24, 2.45) is 0 Å². The molecule has 1 aliphatic carbocycles. The first kappa shape index (κ1) is 16.9. The van der Waals surface area contributed by atoms with Crippen LogP contribution in [0.15, 0.2) is 35.3 Å². The number of nitrogens with one attached hydrogen (secondary N) is 1. The number of nitrogen functional groups attached to an aromatic ring is 1.